The molecule has 0 spiro atoms. The van der Waals surface area contributed by atoms with Gasteiger partial charge >= 0.3 is 0 Å². The zero-order chi connectivity index (χ0) is 20.8. The number of halogens is 1. The lowest BCUT2D eigenvalue weighted by atomic mass is 10.1. The maximum Gasteiger partial charge on any atom is 0.260 e. The zero-order valence-corrected chi connectivity index (χ0v) is 19.0. The first-order valence-corrected chi connectivity index (χ1v) is 9.94. The summed E-state index contributed by atoms with van der Waals surface area (Å²) in [7, 11) is 5.40. The number of amides is 1. The number of hydrogen-bond donors (Lipinski definition) is 0. The van der Waals surface area contributed by atoms with Gasteiger partial charge in [-0.25, -0.2) is 0 Å². The minimum absolute atomic E-state index is 0. The van der Waals surface area contributed by atoms with Gasteiger partial charge in [-0.3, -0.25) is 4.79 Å². The first-order valence-electron chi connectivity index (χ1n) is 9.94. The summed E-state index contributed by atoms with van der Waals surface area (Å²) < 4.78 is 16.4. The fourth-order valence-electron chi connectivity index (χ4n) is 3.48. The van der Waals surface area contributed by atoms with E-state index in [0.29, 0.717) is 24.6 Å². The monoisotopic (exact) mass is 434 g/mol. The van der Waals surface area contributed by atoms with Crippen molar-refractivity contribution in [3.05, 3.63) is 53.1 Å². The van der Waals surface area contributed by atoms with E-state index in [1.165, 1.54) is 5.56 Å². The number of benzene rings is 2. The Morgan fingerprint density at radius 1 is 1.07 bits per heavy atom. The summed E-state index contributed by atoms with van der Waals surface area (Å²) in [5, 5.41) is 0. The van der Waals surface area contributed by atoms with Crippen molar-refractivity contribution in [1.82, 2.24) is 9.80 Å². The maximum absolute atomic E-state index is 12.7. The van der Waals surface area contributed by atoms with Crippen LogP contribution in [-0.4, -0.2) is 63.3 Å². The molecule has 2 aromatic rings. The molecule has 164 valence electrons. The highest BCUT2D eigenvalue weighted by Crippen LogP contribution is 2.28. The van der Waals surface area contributed by atoms with E-state index in [0.717, 1.165) is 43.0 Å². The molecular weight excluding hydrogens is 404 g/mol. The predicted molar refractivity (Wildman–Crippen MR) is 120 cm³/mol. The van der Waals surface area contributed by atoms with Gasteiger partial charge in [0.05, 0.1) is 19.8 Å². The van der Waals surface area contributed by atoms with Gasteiger partial charge in [-0.15, -0.1) is 12.4 Å². The third kappa shape index (κ3) is 5.80. The van der Waals surface area contributed by atoms with Gasteiger partial charge in [-0.05, 0) is 63.2 Å². The van der Waals surface area contributed by atoms with Crippen molar-refractivity contribution in [2.75, 3.05) is 47.6 Å². The molecule has 0 radical (unpaired) electrons. The molecule has 0 aliphatic carbocycles. The molecule has 0 aromatic heterocycles. The molecule has 30 heavy (non-hydrogen) atoms. The largest absolute Gasteiger partial charge is 0.493 e. The van der Waals surface area contributed by atoms with Gasteiger partial charge in [0.2, 0.25) is 0 Å². The lowest BCUT2D eigenvalue weighted by Crippen LogP contribution is -2.40. The van der Waals surface area contributed by atoms with Gasteiger partial charge in [-0.2, -0.15) is 0 Å². The minimum atomic E-state index is 0. The summed E-state index contributed by atoms with van der Waals surface area (Å²) >= 11 is 0. The van der Waals surface area contributed by atoms with E-state index in [2.05, 4.69) is 18.0 Å². The van der Waals surface area contributed by atoms with Crippen LogP contribution in [0.5, 0.6) is 17.2 Å². The highest BCUT2D eigenvalue weighted by molar-refractivity contribution is 5.97. The quantitative estimate of drug-likeness (QED) is 0.601. The number of carbonyl (C=O) groups is 1. The molecule has 0 atom stereocenters. The van der Waals surface area contributed by atoms with Crippen LogP contribution in [0.4, 0.5) is 0 Å². The average molecular weight is 435 g/mol. The number of carbonyl (C=O) groups excluding carboxylic acids is 1. The van der Waals surface area contributed by atoms with E-state index in [-0.39, 0.29) is 18.3 Å². The smallest absolute Gasteiger partial charge is 0.260 e. The molecule has 0 bridgehead atoms. The summed E-state index contributed by atoms with van der Waals surface area (Å²) in [6.07, 6.45) is 1.83. The summed E-state index contributed by atoms with van der Waals surface area (Å²) in [5.41, 5.74) is 2.94. The highest BCUT2D eigenvalue weighted by Gasteiger charge is 2.25. The van der Waals surface area contributed by atoms with Crippen molar-refractivity contribution in [3.8, 4) is 17.2 Å². The number of hydrogen-bond acceptors (Lipinski definition) is 5. The minimum Gasteiger partial charge on any atom is -0.493 e. The van der Waals surface area contributed by atoms with Crippen LogP contribution in [0.15, 0.2) is 36.4 Å². The number of methoxy groups -OCH3 is 2. The Balaban J connectivity index is 0.00000320. The summed E-state index contributed by atoms with van der Waals surface area (Å²) in [6, 6.07) is 11.8. The number of aryl methyl sites for hydroxylation is 1. The predicted octanol–water partition coefficient (Wildman–Crippen LogP) is 3.79. The standard InChI is InChI=1S/C23H30N2O4.ClH/c1-17-6-8-20-19(14-17)23(26)25(16-29-20)12-5-11-24(2)13-10-18-7-9-21(27-3)22(15-18)28-4;/h6-9,14-15H,5,10-13,16H2,1-4H3;1H. The lowest BCUT2D eigenvalue weighted by Gasteiger charge is -2.29. The number of rotatable bonds is 9. The molecular formula is C23H31ClN2O4. The van der Waals surface area contributed by atoms with E-state index in [1.54, 1.807) is 19.1 Å². The van der Waals surface area contributed by atoms with Crippen LogP contribution in [0.2, 0.25) is 0 Å². The number of nitrogens with zero attached hydrogens (tertiary/aromatic N) is 2. The van der Waals surface area contributed by atoms with Gasteiger partial charge in [0.1, 0.15) is 5.75 Å². The van der Waals surface area contributed by atoms with E-state index >= 15 is 0 Å². The summed E-state index contributed by atoms with van der Waals surface area (Å²) in [4.78, 5) is 16.7. The van der Waals surface area contributed by atoms with Crippen molar-refractivity contribution in [1.29, 1.82) is 0 Å². The van der Waals surface area contributed by atoms with Crippen LogP contribution in [0.3, 0.4) is 0 Å². The van der Waals surface area contributed by atoms with Crippen molar-refractivity contribution in [2.45, 2.75) is 19.8 Å². The second-order valence-electron chi connectivity index (χ2n) is 7.44. The summed E-state index contributed by atoms with van der Waals surface area (Å²) in [6.45, 7) is 4.84. The maximum atomic E-state index is 12.7. The third-order valence-electron chi connectivity index (χ3n) is 5.23. The molecule has 1 aliphatic rings. The van der Waals surface area contributed by atoms with Crippen molar-refractivity contribution in [2.24, 2.45) is 0 Å². The van der Waals surface area contributed by atoms with Crippen LogP contribution in [0.1, 0.15) is 27.9 Å². The Labute approximate surface area is 185 Å². The van der Waals surface area contributed by atoms with E-state index in [9.17, 15) is 4.79 Å². The van der Waals surface area contributed by atoms with Crippen LogP contribution in [0, 0.1) is 6.92 Å². The molecule has 1 heterocycles. The second kappa shape index (κ2) is 11.1. The SMILES string of the molecule is COc1ccc(CCN(C)CCCN2COc3ccc(C)cc3C2=O)cc1OC.Cl. The van der Waals surface area contributed by atoms with Crippen LogP contribution in [0.25, 0.3) is 0 Å². The molecule has 6 nitrogen and oxygen atoms in total. The number of fused-ring (bicyclic) bond motifs is 1. The lowest BCUT2D eigenvalue weighted by molar-refractivity contribution is 0.0511. The topological polar surface area (TPSA) is 51.2 Å². The summed E-state index contributed by atoms with van der Waals surface area (Å²) in [5.74, 6) is 2.24. The van der Waals surface area contributed by atoms with Gasteiger partial charge in [0.25, 0.3) is 5.91 Å². The molecule has 0 saturated carbocycles. The fraction of sp³-hybridized carbons (Fsp3) is 0.435. The number of likely N-dealkylation sites (N-methyl/N-ethyl adjacent to an activating group) is 1. The van der Waals surface area contributed by atoms with Crippen LogP contribution < -0.4 is 14.2 Å². The first kappa shape index (κ1) is 23.8. The molecule has 0 saturated heterocycles. The Kier molecular flexibility index (Phi) is 8.81. The molecule has 1 aliphatic heterocycles. The molecule has 3 rings (SSSR count). The second-order valence-corrected chi connectivity index (χ2v) is 7.44. The fourth-order valence-corrected chi connectivity index (χ4v) is 3.48. The average Bonchev–Trinajstić information content (AvgIpc) is 2.74. The van der Waals surface area contributed by atoms with Gasteiger partial charge in [0.15, 0.2) is 18.2 Å². The number of ether oxygens (including phenoxy) is 3. The molecule has 2 aromatic carbocycles. The Morgan fingerprint density at radius 3 is 2.57 bits per heavy atom. The van der Waals surface area contributed by atoms with E-state index in [1.807, 2.05) is 37.3 Å². The van der Waals surface area contributed by atoms with Crippen LogP contribution in [-0.2, 0) is 6.42 Å². The zero-order valence-electron chi connectivity index (χ0n) is 18.1. The Bertz CT molecular complexity index is 859. The van der Waals surface area contributed by atoms with Crippen molar-refractivity contribution < 1.29 is 19.0 Å². The van der Waals surface area contributed by atoms with Crippen molar-refractivity contribution in [3.63, 3.8) is 0 Å². The molecule has 7 heteroatoms. The van der Waals surface area contributed by atoms with Crippen LogP contribution >= 0.6 is 12.4 Å². The third-order valence-corrected chi connectivity index (χ3v) is 5.23. The van der Waals surface area contributed by atoms with Gasteiger partial charge in [0, 0.05) is 13.1 Å². The normalized spacial score (nSPS) is 12.8. The van der Waals surface area contributed by atoms with Gasteiger partial charge < -0.3 is 24.0 Å². The Morgan fingerprint density at radius 2 is 1.83 bits per heavy atom. The molecule has 0 unspecified atom stereocenters. The Hall–Kier alpha value is -2.44. The van der Waals surface area contributed by atoms with Crippen molar-refractivity contribution >= 4 is 18.3 Å². The molecule has 0 N–H and O–H groups in total. The molecule has 1 amide bonds. The highest BCUT2D eigenvalue weighted by atomic mass is 35.5. The van der Waals surface area contributed by atoms with E-state index < -0.39 is 0 Å². The molecule has 0 fully saturated rings. The van der Waals surface area contributed by atoms with Gasteiger partial charge in [-0.1, -0.05) is 17.7 Å². The first-order chi connectivity index (χ1) is 14.0. The van der Waals surface area contributed by atoms with E-state index in [4.69, 9.17) is 14.2 Å².